The molecule has 23 heavy (non-hydrogen) atoms. The number of unbranched alkanes of at least 4 members (excludes halogenated alkanes) is 3. The van der Waals surface area contributed by atoms with Crippen LogP contribution in [0.5, 0.6) is 0 Å². The summed E-state index contributed by atoms with van der Waals surface area (Å²) >= 11 is 0. The first-order valence-electron chi connectivity index (χ1n) is 8.88. The van der Waals surface area contributed by atoms with Gasteiger partial charge in [0.15, 0.2) is 0 Å². The predicted octanol–water partition coefficient (Wildman–Crippen LogP) is 3.02. The first-order valence-corrected chi connectivity index (χ1v) is 8.88. The van der Waals surface area contributed by atoms with E-state index in [4.69, 9.17) is 5.11 Å². The molecule has 0 saturated heterocycles. The normalized spacial score (nSPS) is 15.7. The number of aliphatic hydroxyl groups is 3. The quantitative estimate of drug-likeness (QED) is 0.273. The fourth-order valence-corrected chi connectivity index (χ4v) is 2.41. The Labute approximate surface area is 140 Å². The molecule has 0 aromatic rings. The van der Waals surface area contributed by atoms with E-state index in [0.29, 0.717) is 32.1 Å². The highest BCUT2D eigenvalue weighted by Crippen LogP contribution is 2.11. The molecular weight excluding hydrogens is 296 g/mol. The molecule has 0 amide bonds. The lowest BCUT2D eigenvalue weighted by Crippen LogP contribution is -2.12. The molecule has 0 aliphatic heterocycles. The van der Waals surface area contributed by atoms with E-state index in [1.54, 1.807) is 12.2 Å². The fourth-order valence-electron chi connectivity index (χ4n) is 2.41. The second-order valence-electron chi connectivity index (χ2n) is 6.25. The summed E-state index contributed by atoms with van der Waals surface area (Å²) in [6, 6.07) is 0. The maximum absolute atomic E-state index is 10.4. The van der Waals surface area contributed by atoms with Crippen LogP contribution in [0.3, 0.4) is 0 Å². The van der Waals surface area contributed by atoms with Crippen LogP contribution in [-0.4, -0.2) is 44.7 Å². The molecule has 136 valence electrons. The summed E-state index contributed by atoms with van der Waals surface area (Å²) in [5, 5.41) is 37.8. The second-order valence-corrected chi connectivity index (χ2v) is 6.25. The average molecular weight is 330 g/mol. The second kappa shape index (κ2) is 14.7. The van der Waals surface area contributed by atoms with Gasteiger partial charge in [0.1, 0.15) is 0 Å². The minimum absolute atomic E-state index is 0.0651. The van der Waals surface area contributed by atoms with Crippen molar-refractivity contribution in [2.24, 2.45) is 0 Å². The molecule has 0 aliphatic carbocycles. The van der Waals surface area contributed by atoms with Gasteiger partial charge in [-0.05, 0) is 38.5 Å². The smallest absolute Gasteiger partial charge is 0.303 e. The van der Waals surface area contributed by atoms with Gasteiger partial charge in [0.2, 0.25) is 0 Å². The number of hydrogen-bond acceptors (Lipinski definition) is 4. The number of aliphatic carboxylic acids is 1. The third kappa shape index (κ3) is 15.8. The molecule has 5 nitrogen and oxygen atoms in total. The zero-order chi connectivity index (χ0) is 17.5. The summed E-state index contributed by atoms with van der Waals surface area (Å²) in [6.45, 7) is 2.16. The van der Waals surface area contributed by atoms with Crippen molar-refractivity contribution >= 4 is 5.97 Å². The number of carboxylic acids is 1. The van der Waals surface area contributed by atoms with Gasteiger partial charge in [-0.15, -0.1) is 0 Å². The van der Waals surface area contributed by atoms with E-state index < -0.39 is 18.2 Å². The number of carboxylic acid groups (broad SMARTS) is 1. The Morgan fingerprint density at radius 1 is 0.913 bits per heavy atom. The van der Waals surface area contributed by atoms with Crippen LogP contribution in [0, 0.1) is 0 Å². The van der Waals surface area contributed by atoms with Crippen LogP contribution in [0.15, 0.2) is 12.2 Å². The van der Waals surface area contributed by atoms with Crippen molar-refractivity contribution in [2.75, 3.05) is 0 Å². The Kier molecular flexibility index (Phi) is 14.1. The van der Waals surface area contributed by atoms with Crippen LogP contribution in [-0.2, 0) is 4.79 Å². The number of rotatable bonds is 15. The number of aliphatic hydroxyl groups excluding tert-OH is 3. The van der Waals surface area contributed by atoms with Crippen molar-refractivity contribution in [1.82, 2.24) is 0 Å². The predicted molar refractivity (Wildman–Crippen MR) is 91.3 cm³/mol. The maximum atomic E-state index is 10.4. The van der Waals surface area contributed by atoms with Gasteiger partial charge < -0.3 is 20.4 Å². The molecule has 0 bridgehead atoms. The Morgan fingerprint density at radius 2 is 1.61 bits per heavy atom. The first kappa shape index (κ1) is 22.1. The average Bonchev–Trinajstić information content (AvgIpc) is 2.49. The van der Waals surface area contributed by atoms with E-state index >= 15 is 0 Å². The Hall–Kier alpha value is -0.910. The number of hydrogen-bond donors (Lipinski definition) is 4. The van der Waals surface area contributed by atoms with Crippen LogP contribution < -0.4 is 0 Å². The van der Waals surface area contributed by atoms with Crippen LogP contribution in [0.4, 0.5) is 0 Å². The molecule has 0 rings (SSSR count). The van der Waals surface area contributed by atoms with E-state index in [1.165, 1.54) is 12.8 Å². The molecule has 0 radical (unpaired) electrons. The highest BCUT2D eigenvalue weighted by molar-refractivity contribution is 5.66. The standard InChI is InChI=1S/C18H34O5/c1-2-3-4-5-8-15(19)9-6-10-16(20)13-14-17(21)11-7-12-18(22)23/h6,10,15-17,19-21H,2-5,7-9,11-14H2,1H3,(H,22,23). The van der Waals surface area contributed by atoms with Gasteiger partial charge in [0.05, 0.1) is 18.3 Å². The van der Waals surface area contributed by atoms with Gasteiger partial charge >= 0.3 is 5.97 Å². The summed E-state index contributed by atoms with van der Waals surface area (Å²) in [6.07, 6.45) is 9.69. The van der Waals surface area contributed by atoms with Crippen molar-refractivity contribution < 1.29 is 25.2 Å². The van der Waals surface area contributed by atoms with Crippen molar-refractivity contribution in [2.45, 2.75) is 95.9 Å². The van der Waals surface area contributed by atoms with E-state index in [1.807, 2.05) is 0 Å². The van der Waals surface area contributed by atoms with Gasteiger partial charge in [-0.3, -0.25) is 4.79 Å². The van der Waals surface area contributed by atoms with Crippen molar-refractivity contribution in [3.63, 3.8) is 0 Å². The van der Waals surface area contributed by atoms with Crippen LogP contribution in [0.25, 0.3) is 0 Å². The fraction of sp³-hybridized carbons (Fsp3) is 0.833. The topological polar surface area (TPSA) is 98.0 Å². The Morgan fingerprint density at radius 3 is 2.26 bits per heavy atom. The molecule has 0 heterocycles. The van der Waals surface area contributed by atoms with E-state index in [-0.39, 0.29) is 12.5 Å². The van der Waals surface area contributed by atoms with Crippen LogP contribution in [0.2, 0.25) is 0 Å². The summed E-state index contributed by atoms with van der Waals surface area (Å²) in [7, 11) is 0. The molecule has 5 heteroatoms. The molecule has 3 atom stereocenters. The molecule has 0 aliphatic rings. The maximum Gasteiger partial charge on any atom is 0.303 e. The van der Waals surface area contributed by atoms with Gasteiger partial charge in [-0.1, -0.05) is 44.8 Å². The summed E-state index contributed by atoms with van der Waals surface area (Å²) < 4.78 is 0. The molecule has 0 spiro atoms. The molecule has 4 N–H and O–H groups in total. The van der Waals surface area contributed by atoms with Gasteiger partial charge in [-0.25, -0.2) is 0 Å². The van der Waals surface area contributed by atoms with Gasteiger partial charge in [-0.2, -0.15) is 0 Å². The summed E-state index contributed by atoms with van der Waals surface area (Å²) in [5.74, 6) is -0.853. The lowest BCUT2D eigenvalue weighted by molar-refractivity contribution is -0.137. The van der Waals surface area contributed by atoms with E-state index in [9.17, 15) is 20.1 Å². The van der Waals surface area contributed by atoms with Gasteiger partial charge in [0.25, 0.3) is 0 Å². The molecule has 0 aromatic carbocycles. The summed E-state index contributed by atoms with van der Waals surface area (Å²) in [4.78, 5) is 10.4. The zero-order valence-corrected chi connectivity index (χ0v) is 14.4. The largest absolute Gasteiger partial charge is 0.481 e. The highest BCUT2D eigenvalue weighted by Gasteiger charge is 2.09. The first-order chi connectivity index (χ1) is 11.0. The lowest BCUT2D eigenvalue weighted by Gasteiger charge is -2.12. The lowest BCUT2D eigenvalue weighted by atomic mass is 10.0. The summed E-state index contributed by atoms with van der Waals surface area (Å²) in [5.41, 5.74) is 0. The SMILES string of the molecule is CCCCCCC(O)CC=CC(O)CCC(O)CCCC(=O)O. The van der Waals surface area contributed by atoms with Crippen molar-refractivity contribution in [3.05, 3.63) is 12.2 Å². The zero-order valence-electron chi connectivity index (χ0n) is 14.4. The van der Waals surface area contributed by atoms with Crippen molar-refractivity contribution in [1.29, 1.82) is 0 Å². The monoisotopic (exact) mass is 330 g/mol. The minimum Gasteiger partial charge on any atom is -0.481 e. The van der Waals surface area contributed by atoms with Crippen molar-refractivity contribution in [3.8, 4) is 0 Å². The Bertz CT molecular complexity index is 317. The van der Waals surface area contributed by atoms with E-state index in [0.717, 1.165) is 19.3 Å². The highest BCUT2D eigenvalue weighted by atomic mass is 16.4. The molecule has 0 saturated carbocycles. The third-order valence-electron chi connectivity index (χ3n) is 3.88. The van der Waals surface area contributed by atoms with Crippen LogP contribution in [0.1, 0.15) is 77.6 Å². The van der Waals surface area contributed by atoms with E-state index in [2.05, 4.69) is 6.92 Å². The molecule has 0 fully saturated rings. The Balaban J connectivity index is 3.67. The molecular formula is C18H34O5. The minimum atomic E-state index is -0.853. The molecule has 0 aromatic heterocycles. The number of carbonyl (C=O) groups is 1. The molecule has 3 unspecified atom stereocenters. The third-order valence-corrected chi connectivity index (χ3v) is 3.88. The van der Waals surface area contributed by atoms with Crippen LogP contribution >= 0.6 is 0 Å². The van der Waals surface area contributed by atoms with Gasteiger partial charge in [0, 0.05) is 6.42 Å².